The first-order valence-corrected chi connectivity index (χ1v) is 4.75. The molecular formula is C8H7F3O2S. The van der Waals surface area contributed by atoms with Crippen molar-refractivity contribution in [3.8, 4) is 5.75 Å². The molecule has 0 spiro atoms. The van der Waals surface area contributed by atoms with Crippen molar-refractivity contribution in [2.24, 2.45) is 0 Å². The number of aryl methyl sites for hydroxylation is 1. The van der Waals surface area contributed by atoms with E-state index in [4.69, 9.17) is 5.11 Å². The summed E-state index contributed by atoms with van der Waals surface area (Å²) in [5.41, 5.74) is -4.50. The maximum Gasteiger partial charge on any atom is 0.578 e. The molecular weight excluding hydrogens is 217 g/mol. The lowest BCUT2D eigenvalue weighted by Gasteiger charge is -2.12. The number of phenols is 1. The van der Waals surface area contributed by atoms with Crippen LogP contribution in [0.2, 0.25) is 0 Å². The molecule has 1 aromatic carbocycles. The van der Waals surface area contributed by atoms with E-state index in [0.717, 1.165) is 18.2 Å². The Kier molecular flexibility index (Phi) is 2.96. The molecule has 0 fully saturated rings. The Morgan fingerprint density at radius 3 is 2.36 bits per heavy atom. The second-order valence-corrected chi connectivity index (χ2v) is 4.13. The van der Waals surface area contributed by atoms with Crippen LogP contribution in [-0.4, -0.2) is 15.2 Å². The second-order valence-electron chi connectivity index (χ2n) is 2.66. The molecule has 14 heavy (non-hydrogen) atoms. The fraction of sp³-hybridized carbons (Fsp3) is 0.250. The monoisotopic (exact) mass is 224 g/mol. The average Bonchev–Trinajstić information content (AvgIpc) is 2.07. The van der Waals surface area contributed by atoms with Gasteiger partial charge in [-0.25, -0.2) is 0 Å². The van der Waals surface area contributed by atoms with Crippen LogP contribution in [0.25, 0.3) is 0 Å². The maximum atomic E-state index is 12.0. The van der Waals surface area contributed by atoms with Crippen LogP contribution in [0.5, 0.6) is 5.75 Å². The van der Waals surface area contributed by atoms with Gasteiger partial charge in [-0.3, -0.25) is 0 Å². The first kappa shape index (κ1) is 11.2. The van der Waals surface area contributed by atoms with Gasteiger partial charge in [-0.1, -0.05) is 0 Å². The Bertz CT molecular complexity index is 338. The highest BCUT2D eigenvalue weighted by molar-refractivity contribution is 7.92. The van der Waals surface area contributed by atoms with E-state index in [1.165, 1.54) is 6.92 Å². The van der Waals surface area contributed by atoms with Crippen LogP contribution in [0.4, 0.5) is 13.2 Å². The van der Waals surface area contributed by atoms with E-state index in [9.17, 15) is 17.7 Å². The quantitative estimate of drug-likeness (QED) is 0.744. The summed E-state index contributed by atoms with van der Waals surface area (Å²) >= 11 is -3.03. The van der Waals surface area contributed by atoms with Crippen LogP contribution in [0.3, 0.4) is 0 Å². The van der Waals surface area contributed by atoms with Gasteiger partial charge in [-0.05, 0) is 24.6 Å². The molecule has 1 unspecified atom stereocenters. The van der Waals surface area contributed by atoms with Crippen molar-refractivity contribution in [2.75, 3.05) is 0 Å². The van der Waals surface area contributed by atoms with Gasteiger partial charge in [-0.2, -0.15) is 0 Å². The molecule has 1 rings (SSSR count). The van der Waals surface area contributed by atoms with E-state index < -0.39 is 16.7 Å². The lowest BCUT2D eigenvalue weighted by Crippen LogP contribution is -2.23. The Balaban J connectivity index is 3.03. The highest BCUT2D eigenvalue weighted by Gasteiger charge is 2.46. The molecule has 0 radical (unpaired) electrons. The summed E-state index contributed by atoms with van der Waals surface area (Å²) < 4.78 is 46.8. The van der Waals surface area contributed by atoms with Crippen LogP contribution < -0.4 is 0 Å². The molecule has 0 bridgehead atoms. The molecule has 0 aromatic heterocycles. The van der Waals surface area contributed by atoms with E-state index in [1.807, 2.05) is 0 Å². The summed E-state index contributed by atoms with van der Waals surface area (Å²) in [6, 6.07) is 3.14. The molecule has 2 nitrogen and oxygen atoms in total. The molecule has 0 heterocycles. The van der Waals surface area contributed by atoms with Crippen molar-refractivity contribution >= 4 is 11.2 Å². The molecule has 0 saturated heterocycles. The molecule has 1 atom stereocenters. The third-order valence-electron chi connectivity index (χ3n) is 1.59. The fourth-order valence-electron chi connectivity index (χ4n) is 0.877. The van der Waals surface area contributed by atoms with E-state index >= 15 is 0 Å². The Morgan fingerprint density at radius 2 is 1.93 bits per heavy atom. The predicted molar refractivity (Wildman–Crippen MR) is 45.3 cm³/mol. The Morgan fingerprint density at radius 1 is 1.36 bits per heavy atom. The van der Waals surface area contributed by atoms with Gasteiger partial charge in [0.25, 0.3) is 0 Å². The number of hydrogen-bond acceptors (Lipinski definition) is 2. The van der Waals surface area contributed by atoms with Crippen LogP contribution in [-0.2, 0) is 11.2 Å². The van der Waals surface area contributed by atoms with Gasteiger partial charge < -0.3 is 9.66 Å². The van der Waals surface area contributed by atoms with Crippen molar-refractivity contribution in [3.05, 3.63) is 23.8 Å². The van der Waals surface area contributed by atoms with Crippen LogP contribution in [0, 0.1) is 6.92 Å². The molecule has 0 saturated carbocycles. The SMILES string of the molecule is Cc1cc([S+]([O-])C(F)(F)F)ccc1O. The summed E-state index contributed by atoms with van der Waals surface area (Å²) in [6.07, 6.45) is 0. The minimum Gasteiger partial charge on any atom is -0.604 e. The van der Waals surface area contributed by atoms with Gasteiger partial charge in [0, 0.05) is 6.07 Å². The van der Waals surface area contributed by atoms with Gasteiger partial charge in [-0.15, -0.1) is 13.2 Å². The minimum atomic E-state index is -4.76. The summed E-state index contributed by atoms with van der Waals surface area (Å²) in [5, 5.41) is 9.05. The zero-order valence-corrected chi connectivity index (χ0v) is 7.95. The van der Waals surface area contributed by atoms with E-state index in [1.54, 1.807) is 0 Å². The smallest absolute Gasteiger partial charge is 0.578 e. The molecule has 0 aliphatic carbocycles. The van der Waals surface area contributed by atoms with Crippen LogP contribution in [0.1, 0.15) is 5.56 Å². The number of phenolic OH excluding ortho intramolecular Hbond substituents is 1. The van der Waals surface area contributed by atoms with Gasteiger partial charge in [0.05, 0.1) is 11.2 Å². The number of hydrogen-bond donors (Lipinski definition) is 1. The van der Waals surface area contributed by atoms with Gasteiger partial charge in [0.15, 0.2) is 4.90 Å². The summed E-state index contributed by atoms with van der Waals surface area (Å²) in [4.78, 5) is -0.354. The first-order chi connectivity index (χ1) is 6.32. The molecule has 6 heteroatoms. The van der Waals surface area contributed by atoms with E-state index in [-0.39, 0.29) is 16.2 Å². The first-order valence-electron chi connectivity index (χ1n) is 3.60. The molecule has 0 aliphatic heterocycles. The summed E-state index contributed by atoms with van der Waals surface area (Å²) in [5.74, 6) is -0.118. The number of aromatic hydroxyl groups is 1. The van der Waals surface area contributed by atoms with E-state index in [0.29, 0.717) is 0 Å². The van der Waals surface area contributed by atoms with Crippen molar-refractivity contribution < 1.29 is 22.8 Å². The van der Waals surface area contributed by atoms with Crippen molar-refractivity contribution in [2.45, 2.75) is 17.3 Å². The fourth-order valence-corrected chi connectivity index (χ4v) is 1.62. The average molecular weight is 224 g/mol. The van der Waals surface area contributed by atoms with Crippen molar-refractivity contribution in [1.29, 1.82) is 0 Å². The maximum absolute atomic E-state index is 12.0. The van der Waals surface area contributed by atoms with Crippen molar-refractivity contribution in [1.82, 2.24) is 0 Å². The molecule has 78 valence electrons. The standard InChI is InChI=1S/C8H7F3O2S/c1-5-4-6(2-3-7(5)12)14(13)8(9,10)11/h2-4,12H,1H3. The third-order valence-corrected chi connectivity index (χ3v) is 2.70. The van der Waals surface area contributed by atoms with Gasteiger partial charge in [0.2, 0.25) is 0 Å². The normalized spacial score (nSPS) is 14.1. The third kappa shape index (κ3) is 2.33. The lowest BCUT2D eigenvalue weighted by atomic mass is 10.2. The molecule has 0 amide bonds. The highest BCUT2D eigenvalue weighted by atomic mass is 32.2. The summed E-state index contributed by atoms with van der Waals surface area (Å²) in [6.45, 7) is 1.44. The number of rotatable bonds is 1. The largest absolute Gasteiger partial charge is 0.604 e. The highest BCUT2D eigenvalue weighted by Crippen LogP contribution is 2.31. The lowest BCUT2D eigenvalue weighted by molar-refractivity contribution is -0.0435. The van der Waals surface area contributed by atoms with Crippen LogP contribution in [0.15, 0.2) is 23.1 Å². The molecule has 0 aliphatic rings. The van der Waals surface area contributed by atoms with E-state index in [2.05, 4.69) is 0 Å². The van der Waals surface area contributed by atoms with Crippen molar-refractivity contribution in [3.63, 3.8) is 0 Å². The minimum absolute atomic E-state index is 0.118. The zero-order valence-electron chi connectivity index (χ0n) is 7.13. The Hall–Kier alpha value is -0.880. The topological polar surface area (TPSA) is 43.3 Å². The Labute approximate surface area is 81.5 Å². The molecule has 1 aromatic rings. The second kappa shape index (κ2) is 3.70. The number of alkyl halides is 3. The number of halogens is 3. The summed E-state index contributed by atoms with van der Waals surface area (Å²) in [7, 11) is 0. The molecule has 1 N–H and O–H groups in total. The predicted octanol–water partition coefficient (Wildman–Crippen LogP) is 2.33. The zero-order chi connectivity index (χ0) is 10.9. The van der Waals surface area contributed by atoms with Crippen LogP contribution >= 0.6 is 0 Å². The van der Waals surface area contributed by atoms with Gasteiger partial charge in [0.1, 0.15) is 5.75 Å². The van der Waals surface area contributed by atoms with Gasteiger partial charge >= 0.3 is 5.51 Å². The number of benzene rings is 1.